The van der Waals surface area contributed by atoms with Crippen molar-refractivity contribution in [3.63, 3.8) is 0 Å². The molecule has 1 saturated heterocycles. The van der Waals surface area contributed by atoms with Crippen molar-refractivity contribution in [1.82, 2.24) is 5.32 Å². The van der Waals surface area contributed by atoms with Crippen LogP contribution in [0.25, 0.3) is 0 Å². The summed E-state index contributed by atoms with van der Waals surface area (Å²) < 4.78 is 22.9. The third-order valence-electron chi connectivity index (χ3n) is 4.42. The van der Waals surface area contributed by atoms with Crippen LogP contribution < -0.4 is 5.32 Å². The van der Waals surface area contributed by atoms with Gasteiger partial charge in [0.1, 0.15) is 0 Å². The van der Waals surface area contributed by atoms with Gasteiger partial charge in [0.25, 0.3) is 0 Å². The van der Waals surface area contributed by atoms with Crippen molar-refractivity contribution >= 4 is 15.7 Å². The zero-order chi connectivity index (χ0) is 14.9. The van der Waals surface area contributed by atoms with E-state index in [2.05, 4.69) is 17.4 Å². The molecule has 0 aromatic heterocycles. The van der Waals surface area contributed by atoms with E-state index in [0.29, 0.717) is 18.8 Å². The first-order chi connectivity index (χ1) is 10.0. The average molecular weight is 307 g/mol. The number of sulfone groups is 1. The van der Waals surface area contributed by atoms with E-state index in [1.54, 1.807) is 0 Å². The van der Waals surface area contributed by atoms with Gasteiger partial charge in [-0.05, 0) is 36.7 Å². The summed E-state index contributed by atoms with van der Waals surface area (Å²) in [6.07, 6.45) is 3.38. The third kappa shape index (κ3) is 3.84. The predicted octanol–water partition coefficient (Wildman–Crippen LogP) is 1.87. The van der Waals surface area contributed by atoms with Crippen molar-refractivity contribution in [1.29, 1.82) is 0 Å². The number of nitrogens with one attached hydrogen (secondary N) is 1. The van der Waals surface area contributed by atoms with Gasteiger partial charge in [0, 0.05) is 12.5 Å². The minimum atomic E-state index is -2.94. The van der Waals surface area contributed by atoms with E-state index in [4.69, 9.17) is 0 Å². The van der Waals surface area contributed by atoms with Gasteiger partial charge >= 0.3 is 0 Å². The van der Waals surface area contributed by atoms with Gasteiger partial charge in [-0.1, -0.05) is 30.3 Å². The third-order valence-corrected chi connectivity index (χ3v) is 6.19. The molecular weight excluding hydrogens is 286 g/mol. The van der Waals surface area contributed by atoms with Crippen LogP contribution >= 0.6 is 0 Å². The molecule has 2 aliphatic rings. The standard InChI is InChI=1S/C16H21NO3S/c18-16(17-14-8-9-21(19,20)11-14)10-15(13-6-7-13)12-4-2-1-3-5-12/h1-5,13-15H,6-11H2,(H,17,18). The monoisotopic (exact) mass is 307 g/mol. The summed E-state index contributed by atoms with van der Waals surface area (Å²) in [6, 6.07) is 9.96. The Morgan fingerprint density at radius 3 is 2.48 bits per heavy atom. The lowest BCUT2D eigenvalue weighted by molar-refractivity contribution is -0.122. The lowest BCUT2D eigenvalue weighted by Gasteiger charge is -2.18. The first-order valence-electron chi connectivity index (χ1n) is 7.58. The predicted molar refractivity (Wildman–Crippen MR) is 81.7 cm³/mol. The SMILES string of the molecule is O=C(CC(c1ccccc1)C1CC1)NC1CCS(=O)(=O)C1. The van der Waals surface area contributed by atoms with E-state index in [9.17, 15) is 13.2 Å². The van der Waals surface area contributed by atoms with Crippen LogP contribution in [0.4, 0.5) is 0 Å². The second-order valence-corrected chi connectivity index (χ2v) is 8.45. The van der Waals surface area contributed by atoms with Crippen LogP contribution in [0.5, 0.6) is 0 Å². The maximum atomic E-state index is 12.2. The Labute approximate surface area is 125 Å². The fourth-order valence-corrected chi connectivity index (χ4v) is 4.82. The van der Waals surface area contributed by atoms with Crippen molar-refractivity contribution in [3.8, 4) is 0 Å². The van der Waals surface area contributed by atoms with Crippen LogP contribution in [0, 0.1) is 5.92 Å². The molecule has 0 bridgehead atoms. The molecule has 1 aliphatic carbocycles. The summed E-state index contributed by atoms with van der Waals surface area (Å²) in [6.45, 7) is 0. The second kappa shape index (κ2) is 5.79. The molecule has 0 spiro atoms. The highest BCUT2D eigenvalue weighted by Crippen LogP contribution is 2.44. The summed E-state index contributed by atoms with van der Waals surface area (Å²) in [5.41, 5.74) is 1.22. The van der Waals surface area contributed by atoms with Crippen LogP contribution in [0.15, 0.2) is 30.3 Å². The average Bonchev–Trinajstić information content (AvgIpc) is 3.22. The lowest BCUT2D eigenvalue weighted by atomic mass is 9.90. The topological polar surface area (TPSA) is 63.2 Å². The molecule has 4 nitrogen and oxygen atoms in total. The molecule has 114 valence electrons. The lowest BCUT2D eigenvalue weighted by Crippen LogP contribution is -2.36. The molecule has 5 heteroatoms. The molecule has 1 aliphatic heterocycles. The second-order valence-electron chi connectivity index (χ2n) is 6.23. The van der Waals surface area contributed by atoms with Crippen molar-refractivity contribution in [2.45, 2.75) is 37.6 Å². The van der Waals surface area contributed by atoms with Gasteiger partial charge in [-0.15, -0.1) is 0 Å². The van der Waals surface area contributed by atoms with Crippen molar-refractivity contribution in [2.24, 2.45) is 5.92 Å². The number of rotatable bonds is 5. The zero-order valence-corrected chi connectivity index (χ0v) is 12.8. The summed E-state index contributed by atoms with van der Waals surface area (Å²) in [4.78, 5) is 12.2. The molecule has 0 radical (unpaired) electrons. The minimum Gasteiger partial charge on any atom is -0.352 e. The summed E-state index contributed by atoms with van der Waals surface area (Å²) in [5, 5.41) is 2.90. The Morgan fingerprint density at radius 2 is 1.90 bits per heavy atom. The molecular formula is C16H21NO3S. The number of hydrogen-bond acceptors (Lipinski definition) is 3. The van der Waals surface area contributed by atoms with Crippen LogP contribution in [-0.4, -0.2) is 31.9 Å². The molecule has 1 aromatic carbocycles. The van der Waals surface area contributed by atoms with E-state index in [1.165, 1.54) is 18.4 Å². The molecule has 1 N–H and O–H groups in total. The summed E-state index contributed by atoms with van der Waals surface area (Å²) in [7, 11) is -2.94. The number of amides is 1. The van der Waals surface area contributed by atoms with E-state index < -0.39 is 9.84 Å². The fraction of sp³-hybridized carbons (Fsp3) is 0.562. The molecule has 2 atom stereocenters. The number of hydrogen-bond donors (Lipinski definition) is 1. The molecule has 2 fully saturated rings. The molecule has 1 aromatic rings. The molecule has 21 heavy (non-hydrogen) atoms. The highest BCUT2D eigenvalue weighted by atomic mass is 32.2. The van der Waals surface area contributed by atoms with Gasteiger partial charge in [0.05, 0.1) is 11.5 Å². The molecule has 2 unspecified atom stereocenters. The highest BCUT2D eigenvalue weighted by Gasteiger charge is 2.35. The van der Waals surface area contributed by atoms with Crippen LogP contribution in [0.1, 0.15) is 37.2 Å². The molecule has 1 amide bonds. The molecule has 1 heterocycles. The fourth-order valence-electron chi connectivity index (χ4n) is 3.15. The summed E-state index contributed by atoms with van der Waals surface area (Å²) >= 11 is 0. The van der Waals surface area contributed by atoms with Crippen LogP contribution in [-0.2, 0) is 14.6 Å². The van der Waals surface area contributed by atoms with E-state index in [1.807, 2.05) is 18.2 Å². The van der Waals surface area contributed by atoms with Gasteiger partial charge in [0.2, 0.25) is 5.91 Å². The molecule has 3 rings (SSSR count). The maximum absolute atomic E-state index is 12.2. The number of carbonyl (C=O) groups excluding carboxylic acids is 1. The number of carbonyl (C=O) groups is 1. The largest absolute Gasteiger partial charge is 0.352 e. The number of benzene rings is 1. The van der Waals surface area contributed by atoms with Gasteiger partial charge in [-0.25, -0.2) is 8.42 Å². The Bertz CT molecular complexity index is 608. The Kier molecular flexibility index (Phi) is 4.02. The van der Waals surface area contributed by atoms with Crippen molar-refractivity contribution in [3.05, 3.63) is 35.9 Å². The minimum absolute atomic E-state index is 0.0159. The Hall–Kier alpha value is -1.36. The Balaban J connectivity index is 1.60. The van der Waals surface area contributed by atoms with E-state index in [0.717, 1.165) is 0 Å². The highest BCUT2D eigenvalue weighted by molar-refractivity contribution is 7.91. The smallest absolute Gasteiger partial charge is 0.220 e. The maximum Gasteiger partial charge on any atom is 0.220 e. The normalized spacial score (nSPS) is 25.4. The van der Waals surface area contributed by atoms with Crippen molar-refractivity contribution in [2.75, 3.05) is 11.5 Å². The van der Waals surface area contributed by atoms with Crippen LogP contribution in [0.2, 0.25) is 0 Å². The van der Waals surface area contributed by atoms with Gasteiger partial charge in [-0.2, -0.15) is 0 Å². The van der Waals surface area contributed by atoms with Crippen molar-refractivity contribution < 1.29 is 13.2 Å². The van der Waals surface area contributed by atoms with Gasteiger partial charge in [-0.3, -0.25) is 4.79 Å². The summed E-state index contributed by atoms with van der Waals surface area (Å²) in [5.74, 6) is 1.15. The Morgan fingerprint density at radius 1 is 1.19 bits per heavy atom. The zero-order valence-electron chi connectivity index (χ0n) is 12.0. The first-order valence-corrected chi connectivity index (χ1v) is 9.40. The first kappa shape index (κ1) is 14.6. The van der Waals surface area contributed by atoms with E-state index in [-0.39, 0.29) is 29.4 Å². The molecule has 1 saturated carbocycles. The van der Waals surface area contributed by atoms with Gasteiger partial charge in [0.15, 0.2) is 9.84 Å². The van der Waals surface area contributed by atoms with Crippen LogP contribution in [0.3, 0.4) is 0 Å². The quantitative estimate of drug-likeness (QED) is 0.903. The van der Waals surface area contributed by atoms with Gasteiger partial charge < -0.3 is 5.32 Å². The van der Waals surface area contributed by atoms with E-state index >= 15 is 0 Å².